The zero-order chi connectivity index (χ0) is 49.1. The number of rotatable bonds is 36. The van der Waals surface area contributed by atoms with Gasteiger partial charge in [-0.05, 0) is 83.5 Å². The van der Waals surface area contributed by atoms with E-state index in [9.17, 15) is 49.1 Å². The van der Waals surface area contributed by atoms with Gasteiger partial charge < -0.3 is 49.7 Å². The van der Waals surface area contributed by atoms with Crippen LogP contribution in [0.25, 0.3) is 0 Å². The van der Waals surface area contributed by atoms with Crippen LogP contribution < -0.4 is 0 Å². The van der Waals surface area contributed by atoms with E-state index < -0.39 is 89.6 Å². The van der Waals surface area contributed by atoms with E-state index in [-0.39, 0.29) is 12.8 Å². The number of phosphoric ester groups is 2. The molecule has 0 heterocycles. The van der Waals surface area contributed by atoms with Crippen LogP contribution in [0.5, 0.6) is 0 Å². The summed E-state index contributed by atoms with van der Waals surface area (Å²) in [5.74, 6) is -1.35. The predicted octanol–water partition coefficient (Wildman–Crippen LogP) is 7.36. The van der Waals surface area contributed by atoms with E-state index in [0.717, 1.165) is 32.1 Å². The van der Waals surface area contributed by atoms with Crippen LogP contribution >= 0.6 is 15.6 Å². The van der Waals surface area contributed by atoms with Crippen LogP contribution in [0, 0.1) is 0 Å². The lowest BCUT2D eigenvalue weighted by atomic mass is 9.85. The van der Waals surface area contributed by atoms with Gasteiger partial charge in [-0.3, -0.25) is 23.2 Å². The fraction of sp³-hybridized carbons (Fsp3) is 0.617. The number of aliphatic hydroxyl groups is 5. The topological polar surface area (TPSA) is 276 Å². The van der Waals surface area contributed by atoms with Crippen molar-refractivity contribution < 1.29 is 82.0 Å². The second kappa shape index (κ2) is 36.9. The lowest BCUT2D eigenvalue weighted by Crippen LogP contribution is -2.64. The van der Waals surface area contributed by atoms with Crippen LogP contribution in [0.15, 0.2) is 97.2 Å². The summed E-state index contributed by atoms with van der Waals surface area (Å²) < 4.78 is 49.2. The van der Waals surface area contributed by atoms with Gasteiger partial charge in [-0.25, -0.2) is 9.13 Å². The van der Waals surface area contributed by atoms with E-state index in [4.69, 9.17) is 28.3 Å². The molecule has 5 unspecified atom stereocenters. The van der Waals surface area contributed by atoms with Crippen LogP contribution in [0.3, 0.4) is 0 Å². The maximum atomic E-state index is 13.0. The highest BCUT2D eigenvalue weighted by atomic mass is 31.2. The van der Waals surface area contributed by atoms with Gasteiger partial charge in [-0.1, -0.05) is 124 Å². The van der Waals surface area contributed by atoms with Crippen molar-refractivity contribution in [3.8, 4) is 0 Å². The van der Waals surface area contributed by atoms with Crippen LogP contribution in [0.1, 0.15) is 123 Å². The fourth-order valence-corrected chi connectivity index (χ4v) is 7.62. The molecule has 8 N–H and O–H groups in total. The molecule has 1 saturated carbocycles. The largest absolute Gasteiger partial charge is 0.472 e. The highest BCUT2D eigenvalue weighted by Crippen LogP contribution is 2.49. The second-order valence-electron chi connectivity index (χ2n) is 15.6. The Balaban J connectivity index is 2.69. The minimum absolute atomic E-state index is 0.0144. The molecule has 17 nitrogen and oxygen atoms in total. The summed E-state index contributed by atoms with van der Waals surface area (Å²) in [4.78, 5) is 54.2. The first-order chi connectivity index (χ1) is 31.5. The second-order valence-corrected chi connectivity index (χ2v) is 18.2. The molecule has 9 atom stereocenters. The first-order valence-corrected chi connectivity index (χ1v) is 25.9. The molecule has 1 rings (SSSR count). The SMILES string of the molecule is CCCCC/C=C\C/C=C\C/C=C\CCCCC(=O)O[C@H](COC(=O)CCC/C=C\C/C=C\C/C=C\C/C=C\C=C\[C@@H](O)CC)COP(=O)(O)O[C@H]1C(O)C(O)C(O)[C@@H](OP(=O)(O)O)C1O. The van der Waals surface area contributed by atoms with Gasteiger partial charge in [0.15, 0.2) is 6.10 Å². The van der Waals surface area contributed by atoms with Crippen molar-refractivity contribution >= 4 is 27.6 Å². The number of esters is 2. The quantitative estimate of drug-likeness (QED) is 0.0100. The smallest absolute Gasteiger partial charge is 0.462 e. The molecule has 1 aliphatic carbocycles. The number of hydrogen-bond acceptors (Lipinski definition) is 14. The van der Waals surface area contributed by atoms with Crippen molar-refractivity contribution in [2.75, 3.05) is 13.2 Å². The van der Waals surface area contributed by atoms with Gasteiger partial charge in [0.1, 0.15) is 43.2 Å². The molecule has 0 aromatic carbocycles. The first kappa shape index (κ1) is 60.9. The highest BCUT2D eigenvalue weighted by molar-refractivity contribution is 7.47. The van der Waals surface area contributed by atoms with Crippen molar-refractivity contribution in [1.82, 2.24) is 0 Å². The van der Waals surface area contributed by atoms with E-state index in [1.54, 1.807) is 6.08 Å². The molecule has 1 fully saturated rings. The number of carbonyl (C=O) groups excluding carboxylic acids is 2. The van der Waals surface area contributed by atoms with Gasteiger partial charge in [-0.15, -0.1) is 0 Å². The summed E-state index contributed by atoms with van der Waals surface area (Å²) in [5, 5.41) is 50.7. The minimum Gasteiger partial charge on any atom is -0.462 e. The number of allylic oxidation sites excluding steroid dienone is 15. The number of unbranched alkanes of at least 4 members (excludes halogenated alkanes) is 6. The Labute approximate surface area is 390 Å². The molecule has 0 aliphatic heterocycles. The lowest BCUT2D eigenvalue weighted by molar-refractivity contribution is -0.216. The number of carbonyl (C=O) groups is 2. The van der Waals surface area contributed by atoms with E-state index in [1.807, 2.05) is 61.6 Å². The molecule has 0 radical (unpaired) electrons. The average Bonchev–Trinajstić information content (AvgIpc) is 3.27. The Morgan fingerprint density at radius 1 is 0.561 bits per heavy atom. The van der Waals surface area contributed by atoms with E-state index in [1.165, 1.54) is 19.3 Å². The van der Waals surface area contributed by atoms with Crippen molar-refractivity contribution in [2.24, 2.45) is 0 Å². The van der Waals surface area contributed by atoms with Gasteiger partial charge >= 0.3 is 27.6 Å². The molecule has 0 bridgehead atoms. The molecule has 0 saturated heterocycles. The summed E-state index contributed by atoms with van der Waals surface area (Å²) in [5.41, 5.74) is 0. The number of ether oxygens (including phenoxy) is 2. The summed E-state index contributed by atoms with van der Waals surface area (Å²) in [7, 11) is -10.7. The molecular formula is C47H76O17P2. The highest BCUT2D eigenvalue weighted by Gasteiger charge is 2.54. The van der Waals surface area contributed by atoms with Gasteiger partial charge in [0, 0.05) is 12.8 Å². The summed E-state index contributed by atoms with van der Waals surface area (Å²) in [6.07, 6.45) is 29.0. The van der Waals surface area contributed by atoms with Crippen molar-refractivity contribution in [2.45, 2.75) is 172 Å². The maximum absolute atomic E-state index is 13.0. The van der Waals surface area contributed by atoms with Crippen LogP contribution in [0.4, 0.5) is 0 Å². The molecule has 376 valence electrons. The van der Waals surface area contributed by atoms with Crippen molar-refractivity contribution in [1.29, 1.82) is 0 Å². The van der Waals surface area contributed by atoms with E-state index >= 15 is 0 Å². The van der Waals surface area contributed by atoms with Gasteiger partial charge in [0.2, 0.25) is 0 Å². The molecule has 66 heavy (non-hydrogen) atoms. The Bertz CT molecular complexity index is 1670. The third-order valence-electron chi connectivity index (χ3n) is 9.80. The fourth-order valence-electron chi connectivity index (χ4n) is 6.08. The van der Waals surface area contributed by atoms with Gasteiger partial charge in [0.25, 0.3) is 0 Å². The molecule has 0 aromatic rings. The molecular weight excluding hydrogens is 898 g/mol. The van der Waals surface area contributed by atoms with Crippen molar-refractivity contribution in [3.63, 3.8) is 0 Å². The summed E-state index contributed by atoms with van der Waals surface area (Å²) in [6, 6.07) is 0. The molecule has 0 aromatic heterocycles. The van der Waals surface area contributed by atoms with Gasteiger partial charge in [0.05, 0.1) is 12.7 Å². The number of phosphoric acid groups is 2. The van der Waals surface area contributed by atoms with E-state index in [0.29, 0.717) is 44.9 Å². The standard InChI is InChI=1S/C47H76O17P2/c1-3-5-6-7-8-9-10-11-12-17-20-23-26-29-32-35-41(50)62-39(37-61-66(58,59)64-47-44(53)42(51)43(52)46(45(47)54)63-65(55,56)57)36-60-40(49)34-31-28-25-22-19-16-14-13-15-18-21-24-27-30-33-38(48)4-2/h8-9,11-12,14-16,18,20,22-25,27,30,33,38-39,42-48,51-54H,3-7,10,13,17,19,21,26,28-29,31-32,34-37H2,1-2H3,(H,58,59)(H2,55,56,57)/b9-8-,12-11-,16-14-,18-15-,23-20-,25-22-,27-24-,33-30+/t38-,39+,42?,43?,44?,45?,46+,47-/m0/s1. The molecule has 19 heteroatoms. The number of aliphatic hydroxyl groups excluding tert-OH is 5. The lowest BCUT2D eigenvalue weighted by Gasteiger charge is -2.43. The third-order valence-corrected chi connectivity index (χ3v) is 11.3. The van der Waals surface area contributed by atoms with Crippen LogP contribution in [0.2, 0.25) is 0 Å². The van der Waals surface area contributed by atoms with Crippen LogP contribution in [-0.2, 0) is 41.8 Å². The zero-order valence-corrected chi connectivity index (χ0v) is 40.2. The Morgan fingerprint density at radius 2 is 1.05 bits per heavy atom. The van der Waals surface area contributed by atoms with Crippen LogP contribution in [-0.4, -0.2) is 114 Å². The minimum atomic E-state index is -5.38. The average molecular weight is 975 g/mol. The van der Waals surface area contributed by atoms with Crippen molar-refractivity contribution in [3.05, 3.63) is 97.2 Å². The molecule has 0 spiro atoms. The molecule has 0 amide bonds. The Hall–Kier alpha value is -3.12. The zero-order valence-electron chi connectivity index (χ0n) is 38.4. The van der Waals surface area contributed by atoms with Gasteiger partial charge in [-0.2, -0.15) is 0 Å². The predicted molar refractivity (Wildman–Crippen MR) is 251 cm³/mol. The third kappa shape index (κ3) is 31.0. The summed E-state index contributed by atoms with van der Waals surface area (Å²) >= 11 is 0. The maximum Gasteiger partial charge on any atom is 0.472 e. The normalized spacial score (nSPS) is 22.9. The Kier molecular flexibility index (Phi) is 34.0. The van der Waals surface area contributed by atoms with E-state index in [2.05, 4.69) is 47.9 Å². The number of hydrogen-bond donors (Lipinski definition) is 8. The first-order valence-electron chi connectivity index (χ1n) is 22.9. The molecule has 1 aliphatic rings. The summed E-state index contributed by atoms with van der Waals surface area (Å²) in [6.45, 7) is 2.64. The monoisotopic (exact) mass is 974 g/mol. The Morgan fingerprint density at radius 3 is 1.58 bits per heavy atom.